The predicted molar refractivity (Wildman–Crippen MR) is 84.3 cm³/mol. The van der Waals surface area contributed by atoms with Crippen LogP contribution in [0, 0.1) is 13.8 Å². The Bertz CT molecular complexity index is 690. The van der Waals surface area contributed by atoms with Crippen LogP contribution < -0.4 is 5.32 Å². The van der Waals surface area contributed by atoms with Crippen LogP contribution in [-0.2, 0) is 17.4 Å². The Morgan fingerprint density at radius 2 is 1.65 bits per heavy atom. The van der Waals surface area contributed by atoms with Crippen molar-refractivity contribution in [2.45, 2.75) is 32.9 Å². The van der Waals surface area contributed by atoms with Crippen LogP contribution in [-0.4, -0.2) is 5.91 Å². The molecule has 5 heteroatoms. The summed E-state index contributed by atoms with van der Waals surface area (Å²) in [5.41, 5.74) is 3.07. The van der Waals surface area contributed by atoms with Gasteiger partial charge in [0.2, 0.25) is 5.91 Å². The van der Waals surface area contributed by atoms with Gasteiger partial charge in [0.05, 0.1) is 5.56 Å². The largest absolute Gasteiger partial charge is 0.416 e. The molecule has 0 spiro atoms. The molecule has 0 aromatic heterocycles. The first-order valence-corrected chi connectivity index (χ1v) is 7.29. The summed E-state index contributed by atoms with van der Waals surface area (Å²) in [5, 5.41) is 2.61. The van der Waals surface area contributed by atoms with E-state index in [1.54, 1.807) is 0 Å². The first-order valence-electron chi connectivity index (χ1n) is 7.29. The zero-order chi connectivity index (χ0) is 17.0. The first kappa shape index (κ1) is 17.1. The first-order chi connectivity index (χ1) is 10.8. The molecule has 0 aliphatic heterocycles. The number of hydrogen-bond acceptors (Lipinski definition) is 1. The van der Waals surface area contributed by atoms with Gasteiger partial charge in [-0.25, -0.2) is 0 Å². The number of nitrogens with one attached hydrogen (secondary N) is 1. The van der Waals surface area contributed by atoms with Crippen molar-refractivity contribution >= 4 is 11.6 Å². The highest BCUT2D eigenvalue weighted by Crippen LogP contribution is 2.29. The van der Waals surface area contributed by atoms with Crippen molar-refractivity contribution < 1.29 is 18.0 Å². The van der Waals surface area contributed by atoms with Crippen molar-refractivity contribution in [2.24, 2.45) is 0 Å². The molecular formula is C18H18F3NO. The fourth-order valence-corrected chi connectivity index (χ4v) is 2.18. The van der Waals surface area contributed by atoms with E-state index in [1.165, 1.54) is 23.3 Å². The molecule has 0 fully saturated rings. The van der Waals surface area contributed by atoms with Crippen molar-refractivity contribution in [3.63, 3.8) is 0 Å². The van der Waals surface area contributed by atoms with Crippen molar-refractivity contribution in [2.75, 3.05) is 5.32 Å². The van der Waals surface area contributed by atoms with E-state index in [0.29, 0.717) is 12.1 Å². The van der Waals surface area contributed by atoms with E-state index in [0.717, 1.165) is 17.7 Å². The third kappa shape index (κ3) is 4.84. The van der Waals surface area contributed by atoms with Crippen LogP contribution in [0.1, 0.15) is 28.7 Å². The molecule has 2 aromatic carbocycles. The quantitative estimate of drug-likeness (QED) is 0.853. The standard InChI is InChI=1S/C18H18F3NO/c1-12-3-4-14(11-13(12)2)5-10-17(23)22-16-8-6-15(7-9-16)18(19,20)21/h3-4,6-9,11H,5,10H2,1-2H3,(H,22,23). The number of aryl methyl sites for hydroxylation is 3. The highest BCUT2D eigenvalue weighted by molar-refractivity contribution is 5.90. The van der Waals surface area contributed by atoms with Crippen molar-refractivity contribution in [1.82, 2.24) is 0 Å². The Hall–Kier alpha value is -2.30. The van der Waals surface area contributed by atoms with Crippen molar-refractivity contribution in [1.29, 1.82) is 0 Å². The number of rotatable bonds is 4. The third-order valence-corrected chi connectivity index (χ3v) is 3.71. The number of benzene rings is 2. The molecule has 0 unspecified atom stereocenters. The number of carbonyl (C=O) groups excluding carboxylic acids is 1. The number of halogens is 3. The van der Waals surface area contributed by atoms with Crippen LogP contribution in [0.5, 0.6) is 0 Å². The van der Waals surface area contributed by atoms with Gasteiger partial charge in [-0.3, -0.25) is 4.79 Å². The molecule has 1 N–H and O–H groups in total. The lowest BCUT2D eigenvalue weighted by Gasteiger charge is -2.09. The third-order valence-electron chi connectivity index (χ3n) is 3.71. The topological polar surface area (TPSA) is 29.1 Å². The summed E-state index contributed by atoms with van der Waals surface area (Å²) in [4.78, 5) is 11.9. The van der Waals surface area contributed by atoms with Gasteiger partial charge in [-0.05, 0) is 61.2 Å². The highest BCUT2D eigenvalue weighted by atomic mass is 19.4. The molecule has 0 atom stereocenters. The number of hydrogen-bond donors (Lipinski definition) is 1. The summed E-state index contributed by atoms with van der Waals surface area (Å²) in [6, 6.07) is 10.5. The normalized spacial score (nSPS) is 11.3. The van der Waals surface area contributed by atoms with Gasteiger partial charge in [-0.2, -0.15) is 13.2 Å². The van der Waals surface area contributed by atoms with Gasteiger partial charge in [0, 0.05) is 12.1 Å². The van der Waals surface area contributed by atoms with Crippen LogP contribution in [0.4, 0.5) is 18.9 Å². The van der Waals surface area contributed by atoms with Gasteiger partial charge in [0.1, 0.15) is 0 Å². The molecule has 2 aromatic rings. The minimum Gasteiger partial charge on any atom is -0.326 e. The Morgan fingerprint density at radius 1 is 1.00 bits per heavy atom. The van der Waals surface area contributed by atoms with E-state index in [4.69, 9.17) is 0 Å². The van der Waals surface area contributed by atoms with Gasteiger partial charge in [-0.15, -0.1) is 0 Å². The Morgan fingerprint density at radius 3 is 2.22 bits per heavy atom. The van der Waals surface area contributed by atoms with Crippen LogP contribution in [0.2, 0.25) is 0 Å². The van der Waals surface area contributed by atoms with Crippen LogP contribution in [0.15, 0.2) is 42.5 Å². The van der Waals surface area contributed by atoms with Gasteiger partial charge in [0.15, 0.2) is 0 Å². The lowest BCUT2D eigenvalue weighted by atomic mass is 10.0. The van der Waals surface area contributed by atoms with Gasteiger partial charge >= 0.3 is 6.18 Å². The zero-order valence-electron chi connectivity index (χ0n) is 13.0. The average molecular weight is 321 g/mol. The second-order valence-corrected chi connectivity index (χ2v) is 5.54. The molecule has 0 radical (unpaired) electrons. The lowest BCUT2D eigenvalue weighted by molar-refractivity contribution is -0.137. The Kier molecular flexibility index (Phi) is 5.08. The number of alkyl halides is 3. The molecule has 122 valence electrons. The molecule has 0 heterocycles. The maximum Gasteiger partial charge on any atom is 0.416 e. The van der Waals surface area contributed by atoms with Crippen molar-refractivity contribution in [3.8, 4) is 0 Å². The highest BCUT2D eigenvalue weighted by Gasteiger charge is 2.29. The van der Waals surface area contributed by atoms with Gasteiger partial charge < -0.3 is 5.32 Å². The lowest BCUT2D eigenvalue weighted by Crippen LogP contribution is -2.13. The molecule has 0 aliphatic carbocycles. The van der Waals surface area contributed by atoms with E-state index in [1.807, 2.05) is 32.0 Å². The average Bonchev–Trinajstić information content (AvgIpc) is 2.48. The number of amides is 1. The predicted octanol–water partition coefficient (Wildman–Crippen LogP) is 4.89. The van der Waals surface area contributed by atoms with Crippen LogP contribution >= 0.6 is 0 Å². The molecule has 0 aliphatic rings. The maximum atomic E-state index is 12.5. The summed E-state index contributed by atoms with van der Waals surface area (Å²) >= 11 is 0. The summed E-state index contributed by atoms with van der Waals surface area (Å²) in [6.07, 6.45) is -3.50. The number of anilines is 1. The molecule has 0 saturated heterocycles. The maximum absolute atomic E-state index is 12.5. The van der Waals surface area contributed by atoms with Crippen LogP contribution in [0.3, 0.4) is 0 Å². The molecule has 0 bridgehead atoms. The fraction of sp³-hybridized carbons (Fsp3) is 0.278. The Balaban J connectivity index is 1.90. The van der Waals surface area contributed by atoms with Gasteiger partial charge in [0.25, 0.3) is 0 Å². The molecule has 0 saturated carbocycles. The summed E-state index contributed by atoms with van der Waals surface area (Å²) < 4.78 is 37.4. The second-order valence-electron chi connectivity index (χ2n) is 5.54. The van der Waals surface area contributed by atoms with E-state index < -0.39 is 11.7 Å². The second kappa shape index (κ2) is 6.86. The monoisotopic (exact) mass is 321 g/mol. The Labute approximate surface area is 133 Å². The molecular weight excluding hydrogens is 303 g/mol. The smallest absolute Gasteiger partial charge is 0.326 e. The van der Waals surface area contributed by atoms with Gasteiger partial charge in [-0.1, -0.05) is 18.2 Å². The molecule has 2 nitrogen and oxygen atoms in total. The molecule has 1 amide bonds. The minimum absolute atomic E-state index is 0.219. The zero-order valence-corrected chi connectivity index (χ0v) is 13.0. The van der Waals surface area contributed by atoms with E-state index in [-0.39, 0.29) is 12.3 Å². The van der Waals surface area contributed by atoms with E-state index in [9.17, 15) is 18.0 Å². The summed E-state index contributed by atoms with van der Waals surface area (Å²) in [6.45, 7) is 4.04. The van der Waals surface area contributed by atoms with E-state index >= 15 is 0 Å². The summed E-state index contributed by atoms with van der Waals surface area (Å²) in [5.74, 6) is -0.219. The molecule has 23 heavy (non-hydrogen) atoms. The van der Waals surface area contributed by atoms with Crippen LogP contribution in [0.25, 0.3) is 0 Å². The van der Waals surface area contributed by atoms with Crippen molar-refractivity contribution in [3.05, 3.63) is 64.7 Å². The summed E-state index contributed by atoms with van der Waals surface area (Å²) in [7, 11) is 0. The fourth-order valence-electron chi connectivity index (χ4n) is 2.18. The number of carbonyl (C=O) groups is 1. The minimum atomic E-state index is -4.37. The molecule has 2 rings (SSSR count). The SMILES string of the molecule is Cc1ccc(CCC(=O)Nc2ccc(C(F)(F)F)cc2)cc1C. The van der Waals surface area contributed by atoms with E-state index in [2.05, 4.69) is 5.32 Å².